The number of aryl methyl sites for hydroxylation is 1. The maximum absolute atomic E-state index is 12.3. The predicted octanol–water partition coefficient (Wildman–Crippen LogP) is 4.28. The summed E-state index contributed by atoms with van der Waals surface area (Å²) in [5.74, 6) is 0.0265. The molecule has 1 unspecified atom stereocenters. The molecule has 1 heterocycles. The van der Waals surface area contributed by atoms with Crippen LogP contribution < -0.4 is 10.6 Å². The minimum Gasteiger partial charge on any atom is -0.325 e. The van der Waals surface area contributed by atoms with Crippen LogP contribution >= 0.6 is 27.7 Å². The van der Waals surface area contributed by atoms with Crippen LogP contribution in [0.25, 0.3) is 0 Å². The molecule has 0 aliphatic rings. The van der Waals surface area contributed by atoms with Crippen molar-refractivity contribution < 1.29 is 9.59 Å². The van der Waals surface area contributed by atoms with Crippen molar-refractivity contribution in [3.8, 4) is 0 Å². The molecule has 2 aromatic carbocycles. The normalized spacial score (nSPS) is 11.7. The van der Waals surface area contributed by atoms with Crippen LogP contribution in [0.1, 0.15) is 18.5 Å². The molecule has 3 rings (SSSR count). The Hall–Kier alpha value is -2.65. The van der Waals surface area contributed by atoms with Gasteiger partial charge in [0.1, 0.15) is 18.7 Å². The molecule has 0 saturated carbocycles. The van der Waals surface area contributed by atoms with Gasteiger partial charge in [0, 0.05) is 20.7 Å². The fourth-order valence-electron chi connectivity index (χ4n) is 2.54. The molecule has 0 bridgehead atoms. The molecule has 1 aromatic heterocycles. The second kappa shape index (κ2) is 9.71. The highest BCUT2D eigenvalue weighted by atomic mass is 79.9. The Bertz CT molecular complexity index is 993. The molecular formula is C20H20BrN5O2S. The molecule has 0 saturated heterocycles. The molecule has 0 aliphatic carbocycles. The zero-order valence-electron chi connectivity index (χ0n) is 15.9. The molecule has 7 nitrogen and oxygen atoms in total. The van der Waals surface area contributed by atoms with Gasteiger partial charge in [-0.2, -0.15) is 5.10 Å². The summed E-state index contributed by atoms with van der Waals surface area (Å²) in [5, 5.41) is 9.65. The maximum Gasteiger partial charge on any atom is 0.249 e. The van der Waals surface area contributed by atoms with E-state index in [0.717, 1.165) is 14.9 Å². The third kappa shape index (κ3) is 5.91. The standard InChI is InChI=1S/C20H20BrN5O2S/c1-13-9-15(21)3-8-18(13)29-10-19(27)24-16-4-6-17(7-5-16)25-20(28)14(2)26-12-22-11-23-26/h3-9,11-12,14H,10H2,1-2H3,(H,24,27)(H,25,28). The zero-order chi connectivity index (χ0) is 20.8. The van der Waals surface area contributed by atoms with Gasteiger partial charge in [0.05, 0.1) is 5.75 Å². The van der Waals surface area contributed by atoms with Gasteiger partial charge in [-0.3, -0.25) is 9.59 Å². The number of anilines is 2. The number of nitrogens with one attached hydrogen (secondary N) is 2. The molecule has 0 spiro atoms. The first-order valence-corrected chi connectivity index (χ1v) is 10.6. The van der Waals surface area contributed by atoms with Crippen LogP contribution in [0.15, 0.2) is 64.5 Å². The van der Waals surface area contributed by atoms with E-state index in [1.807, 2.05) is 25.1 Å². The van der Waals surface area contributed by atoms with Crippen molar-refractivity contribution in [1.29, 1.82) is 0 Å². The number of benzene rings is 2. The Morgan fingerprint density at radius 1 is 1.14 bits per heavy atom. The van der Waals surface area contributed by atoms with Crippen LogP contribution in [-0.2, 0) is 9.59 Å². The van der Waals surface area contributed by atoms with E-state index in [0.29, 0.717) is 17.1 Å². The van der Waals surface area contributed by atoms with E-state index in [1.54, 1.807) is 31.2 Å². The topological polar surface area (TPSA) is 88.9 Å². The SMILES string of the molecule is Cc1cc(Br)ccc1SCC(=O)Nc1ccc(NC(=O)C(C)n2cncn2)cc1. The number of carbonyl (C=O) groups excluding carboxylic acids is 2. The summed E-state index contributed by atoms with van der Waals surface area (Å²) >= 11 is 4.93. The van der Waals surface area contributed by atoms with Crippen LogP contribution in [0.2, 0.25) is 0 Å². The summed E-state index contributed by atoms with van der Waals surface area (Å²) < 4.78 is 2.50. The summed E-state index contributed by atoms with van der Waals surface area (Å²) in [4.78, 5) is 29.4. The summed E-state index contributed by atoms with van der Waals surface area (Å²) in [6.45, 7) is 3.76. The third-order valence-electron chi connectivity index (χ3n) is 4.14. The van der Waals surface area contributed by atoms with E-state index >= 15 is 0 Å². The lowest BCUT2D eigenvalue weighted by atomic mass is 10.2. The fraction of sp³-hybridized carbons (Fsp3) is 0.200. The number of amides is 2. The van der Waals surface area contributed by atoms with Gasteiger partial charge in [0.2, 0.25) is 11.8 Å². The smallest absolute Gasteiger partial charge is 0.249 e. The molecule has 29 heavy (non-hydrogen) atoms. The molecule has 3 aromatic rings. The van der Waals surface area contributed by atoms with Crippen molar-refractivity contribution in [1.82, 2.24) is 14.8 Å². The monoisotopic (exact) mass is 473 g/mol. The molecular weight excluding hydrogens is 454 g/mol. The Kier molecular flexibility index (Phi) is 7.05. The Morgan fingerprint density at radius 3 is 2.45 bits per heavy atom. The van der Waals surface area contributed by atoms with Crippen molar-refractivity contribution in [3.63, 3.8) is 0 Å². The van der Waals surface area contributed by atoms with Crippen LogP contribution in [0, 0.1) is 6.92 Å². The summed E-state index contributed by atoms with van der Waals surface area (Å²) in [5.41, 5.74) is 2.43. The van der Waals surface area contributed by atoms with Crippen molar-refractivity contribution in [2.75, 3.05) is 16.4 Å². The van der Waals surface area contributed by atoms with E-state index in [4.69, 9.17) is 0 Å². The Balaban J connectivity index is 1.50. The largest absolute Gasteiger partial charge is 0.325 e. The lowest BCUT2D eigenvalue weighted by Gasteiger charge is -2.12. The van der Waals surface area contributed by atoms with E-state index in [2.05, 4.69) is 36.6 Å². The lowest BCUT2D eigenvalue weighted by molar-refractivity contribution is -0.119. The average Bonchev–Trinajstić information content (AvgIpc) is 3.23. The molecule has 2 amide bonds. The minimum atomic E-state index is -0.476. The summed E-state index contributed by atoms with van der Waals surface area (Å²) in [6.07, 6.45) is 2.88. The van der Waals surface area contributed by atoms with Gasteiger partial charge in [-0.1, -0.05) is 15.9 Å². The van der Waals surface area contributed by atoms with Gasteiger partial charge in [-0.05, 0) is 61.9 Å². The molecule has 1 atom stereocenters. The molecule has 0 aliphatic heterocycles. The van der Waals surface area contributed by atoms with Gasteiger partial charge in [-0.15, -0.1) is 11.8 Å². The molecule has 150 valence electrons. The van der Waals surface area contributed by atoms with E-state index in [9.17, 15) is 9.59 Å². The molecule has 0 fully saturated rings. The van der Waals surface area contributed by atoms with Gasteiger partial charge in [-0.25, -0.2) is 9.67 Å². The number of thioether (sulfide) groups is 1. The van der Waals surface area contributed by atoms with E-state index < -0.39 is 6.04 Å². The third-order valence-corrected chi connectivity index (χ3v) is 5.81. The van der Waals surface area contributed by atoms with Crippen LogP contribution in [0.4, 0.5) is 11.4 Å². The first kappa shape index (κ1) is 21.1. The second-order valence-corrected chi connectivity index (χ2v) is 8.30. The number of hydrogen-bond donors (Lipinski definition) is 2. The zero-order valence-corrected chi connectivity index (χ0v) is 18.3. The minimum absolute atomic E-state index is 0.0890. The number of halogens is 1. The number of rotatable bonds is 7. The average molecular weight is 474 g/mol. The van der Waals surface area contributed by atoms with Gasteiger partial charge in [0.25, 0.3) is 0 Å². The Labute approximate surface area is 181 Å². The molecule has 2 N–H and O–H groups in total. The van der Waals surface area contributed by atoms with Crippen molar-refractivity contribution >= 4 is 50.9 Å². The van der Waals surface area contributed by atoms with Gasteiger partial charge >= 0.3 is 0 Å². The van der Waals surface area contributed by atoms with Crippen molar-refractivity contribution in [2.45, 2.75) is 24.8 Å². The summed E-state index contributed by atoms with van der Waals surface area (Å²) in [7, 11) is 0. The highest BCUT2D eigenvalue weighted by Gasteiger charge is 2.15. The highest BCUT2D eigenvalue weighted by molar-refractivity contribution is 9.10. The number of aromatic nitrogens is 3. The van der Waals surface area contributed by atoms with E-state index in [-0.39, 0.29) is 11.8 Å². The first-order valence-electron chi connectivity index (χ1n) is 8.86. The van der Waals surface area contributed by atoms with Crippen molar-refractivity contribution in [2.24, 2.45) is 0 Å². The fourth-order valence-corrected chi connectivity index (χ4v) is 3.82. The quantitative estimate of drug-likeness (QED) is 0.499. The first-order chi connectivity index (χ1) is 13.9. The van der Waals surface area contributed by atoms with Crippen LogP contribution in [0.5, 0.6) is 0 Å². The number of carbonyl (C=O) groups is 2. The molecule has 9 heteroatoms. The maximum atomic E-state index is 12.3. The second-order valence-electron chi connectivity index (χ2n) is 6.36. The van der Waals surface area contributed by atoms with Crippen LogP contribution in [-0.4, -0.2) is 32.3 Å². The number of nitrogens with zero attached hydrogens (tertiary/aromatic N) is 3. The Morgan fingerprint density at radius 2 is 1.83 bits per heavy atom. The van der Waals surface area contributed by atoms with Crippen molar-refractivity contribution in [3.05, 3.63) is 65.2 Å². The van der Waals surface area contributed by atoms with E-state index in [1.165, 1.54) is 29.1 Å². The highest BCUT2D eigenvalue weighted by Crippen LogP contribution is 2.25. The lowest BCUT2D eigenvalue weighted by Crippen LogP contribution is -2.24. The van der Waals surface area contributed by atoms with Gasteiger partial charge in [0.15, 0.2) is 0 Å². The van der Waals surface area contributed by atoms with Gasteiger partial charge < -0.3 is 10.6 Å². The molecule has 0 radical (unpaired) electrons. The number of hydrogen-bond acceptors (Lipinski definition) is 5. The predicted molar refractivity (Wildman–Crippen MR) is 118 cm³/mol. The van der Waals surface area contributed by atoms with Crippen LogP contribution in [0.3, 0.4) is 0 Å². The summed E-state index contributed by atoms with van der Waals surface area (Å²) in [6, 6.07) is 12.5.